The molecule has 0 bridgehead atoms. The molecule has 1 heterocycles. The first-order valence-corrected chi connectivity index (χ1v) is 9.08. The van der Waals surface area contributed by atoms with Crippen LogP contribution in [0.25, 0.3) is 0 Å². The molecular weight excluding hydrogens is 354 g/mol. The van der Waals surface area contributed by atoms with E-state index in [4.69, 9.17) is 0 Å². The Hall–Kier alpha value is -1.27. The van der Waals surface area contributed by atoms with Gasteiger partial charge in [0.1, 0.15) is 0 Å². The minimum absolute atomic E-state index is 0.428. The van der Waals surface area contributed by atoms with E-state index < -0.39 is 0 Å². The second-order valence-corrected chi connectivity index (χ2v) is 6.78. The lowest BCUT2D eigenvalue weighted by atomic mass is 10.3. The summed E-state index contributed by atoms with van der Waals surface area (Å²) in [5.74, 6) is 0.897. The number of aliphatic imine (C=N–C) groups is 1. The number of likely N-dealkylation sites (N-methyl/N-ethyl adjacent to an activating group) is 1. The van der Waals surface area contributed by atoms with Gasteiger partial charge in [-0.05, 0) is 48.1 Å². The third-order valence-electron chi connectivity index (χ3n) is 4.27. The van der Waals surface area contributed by atoms with Crippen molar-refractivity contribution >= 4 is 27.6 Å². The van der Waals surface area contributed by atoms with Crippen molar-refractivity contribution in [1.29, 1.82) is 0 Å². The summed E-state index contributed by atoms with van der Waals surface area (Å²) in [5.41, 5.74) is 1.27. The summed E-state index contributed by atoms with van der Waals surface area (Å²) in [6.45, 7) is 7.23. The quantitative estimate of drug-likeness (QED) is 0.585. The molecular formula is C17H28BrN5. The number of para-hydroxylation sites is 1. The smallest absolute Gasteiger partial charge is 0.191 e. The van der Waals surface area contributed by atoms with Crippen molar-refractivity contribution in [3.8, 4) is 0 Å². The summed E-state index contributed by atoms with van der Waals surface area (Å²) < 4.78 is 1.16. The molecule has 1 saturated heterocycles. The van der Waals surface area contributed by atoms with Crippen molar-refractivity contribution in [3.05, 3.63) is 28.7 Å². The molecule has 0 saturated carbocycles. The Morgan fingerprint density at radius 1 is 1.43 bits per heavy atom. The fourth-order valence-corrected chi connectivity index (χ4v) is 3.25. The van der Waals surface area contributed by atoms with Gasteiger partial charge in [0.05, 0.1) is 5.69 Å². The molecule has 2 rings (SSSR count). The van der Waals surface area contributed by atoms with Crippen LogP contribution in [0, 0.1) is 0 Å². The molecule has 6 heteroatoms. The molecule has 1 atom stereocenters. The zero-order chi connectivity index (χ0) is 16.7. The van der Waals surface area contributed by atoms with E-state index in [1.807, 2.05) is 7.05 Å². The van der Waals surface area contributed by atoms with Crippen LogP contribution in [0.15, 0.2) is 33.7 Å². The van der Waals surface area contributed by atoms with Gasteiger partial charge in [-0.15, -0.1) is 0 Å². The lowest BCUT2D eigenvalue weighted by Gasteiger charge is -2.22. The number of benzene rings is 1. The van der Waals surface area contributed by atoms with E-state index in [1.54, 1.807) is 0 Å². The maximum atomic E-state index is 4.34. The zero-order valence-corrected chi connectivity index (χ0v) is 15.9. The normalized spacial score (nSPS) is 18.6. The van der Waals surface area contributed by atoms with Crippen LogP contribution in [-0.2, 0) is 0 Å². The highest BCUT2D eigenvalue weighted by Crippen LogP contribution is 2.28. The molecule has 0 aliphatic carbocycles. The van der Waals surface area contributed by atoms with Gasteiger partial charge in [-0.3, -0.25) is 4.99 Å². The molecule has 1 aliphatic heterocycles. The molecule has 23 heavy (non-hydrogen) atoms. The second kappa shape index (κ2) is 9.13. The third kappa shape index (κ3) is 5.39. The Bertz CT molecular complexity index is 519. The van der Waals surface area contributed by atoms with Gasteiger partial charge in [-0.25, -0.2) is 0 Å². The molecule has 0 spiro atoms. The van der Waals surface area contributed by atoms with Crippen LogP contribution in [-0.4, -0.2) is 63.7 Å². The number of halogens is 1. The van der Waals surface area contributed by atoms with Crippen molar-refractivity contribution in [2.24, 2.45) is 4.99 Å². The van der Waals surface area contributed by atoms with Crippen molar-refractivity contribution in [1.82, 2.24) is 15.5 Å². The topological polar surface area (TPSA) is 42.9 Å². The lowest BCUT2D eigenvalue weighted by molar-refractivity contribution is 0.357. The maximum Gasteiger partial charge on any atom is 0.191 e. The monoisotopic (exact) mass is 381 g/mol. The van der Waals surface area contributed by atoms with Crippen molar-refractivity contribution < 1.29 is 0 Å². The van der Waals surface area contributed by atoms with Gasteiger partial charge in [0.2, 0.25) is 0 Å². The summed E-state index contributed by atoms with van der Waals surface area (Å²) in [5, 5.41) is 6.94. The molecule has 5 nitrogen and oxygen atoms in total. The Labute approximate surface area is 148 Å². The predicted octanol–water partition coefficient (Wildman–Crippen LogP) is 2.14. The van der Waals surface area contributed by atoms with Gasteiger partial charge >= 0.3 is 0 Å². The van der Waals surface area contributed by atoms with E-state index in [0.29, 0.717) is 6.04 Å². The average molecular weight is 382 g/mol. The second-order valence-electron chi connectivity index (χ2n) is 5.92. The Morgan fingerprint density at radius 3 is 2.91 bits per heavy atom. The van der Waals surface area contributed by atoms with E-state index >= 15 is 0 Å². The van der Waals surface area contributed by atoms with Crippen LogP contribution in [0.2, 0.25) is 0 Å². The standard InChI is InChI=1S/C17H28BrN5/c1-4-22(3)12-10-20-17(19-2)21-14-9-11-23(13-14)16-8-6-5-7-15(16)18/h5-8,14H,4,9-13H2,1-3H3,(H2,19,20,21). The summed E-state index contributed by atoms with van der Waals surface area (Å²) in [4.78, 5) is 9.04. The number of nitrogens with one attached hydrogen (secondary N) is 2. The van der Waals surface area contributed by atoms with Crippen LogP contribution in [0.3, 0.4) is 0 Å². The van der Waals surface area contributed by atoms with Crippen LogP contribution >= 0.6 is 15.9 Å². The Balaban J connectivity index is 1.81. The number of anilines is 1. The first-order chi connectivity index (χ1) is 11.1. The SMILES string of the molecule is CCN(C)CCNC(=NC)NC1CCN(c2ccccc2Br)C1. The van der Waals surface area contributed by atoms with E-state index in [9.17, 15) is 0 Å². The van der Waals surface area contributed by atoms with E-state index in [2.05, 4.69) is 79.6 Å². The number of hydrogen-bond donors (Lipinski definition) is 2. The van der Waals surface area contributed by atoms with Crippen LogP contribution in [0.4, 0.5) is 5.69 Å². The van der Waals surface area contributed by atoms with Gasteiger partial charge in [0.25, 0.3) is 0 Å². The molecule has 128 valence electrons. The van der Waals surface area contributed by atoms with E-state index in [-0.39, 0.29) is 0 Å². The minimum Gasteiger partial charge on any atom is -0.368 e. The highest BCUT2D eigenvalue weighted by molar-refractivity contribution is 9.10. The summed E-state index contributed by atoms with van der Waals surface area (Å²) >= 11 is 3.64. The number of nitrogens with zero attached hydrogens (tertiary/aromatic N) is 3. The minimum atomic E-state index is 0.428. The molecule has 0 amide bonds. The Morgan fingerprint density at radius 2 is 2.22 bits per heavy atom. The highest BCUT2D eigenvalue weighted by atomic mass is 79.9. The number of rotatable bonds is 6. The van der Waals surface area contributed by atoms with Gasteiger partial charge in [0, 0.05) is 43.7 Å². The summed E-state index contributed by atoms with van der Waals surface area (Å²) in [6, 6.07) is 8.84. The summed E-state index contributed by atoms with van der Waals surface area (Å²) in [7, 11) is 3.96. The van der Waals surface area contributed by atoms with Crippen LogP contribution < -0.4 is 15.5 Å². The lowest BCUT2D eigenvalue weighted by Crippen LogP contribution is -2.46. The molecule has 2 N–H and O–H groups in total. The Kier molecular flexibility index (Phi) is 7.17. The third-order valence-corrected chi connectivity index (χ3v) is 4.94. The average Bonchev–Trinajstić information content (AvgIpc) is 3.02. The van der Waals surface area contributed by atoms with Crippen molar-refractivity contribution in [3.63, 3.8) is 0 Å². The molecule has 1 unspecified atom stereocenters. The van der Waals surface area contributed by atoms with Gasteiger partial charge in [0.15, 0.2) is 5.96 Å². The summed E-state index contributed by atoms with van der Waals surface area (Å²) in [6.07, 6.45) is 1.12. The van der Waals surface area contributed by atoms with Crippen LogP contribution in [0.1, 0.15) is 13.3 Å². The van der Waals surface area contributed by atoms with Gasteiger partial charge in [-0.2, -0.15) is 0 Å². The molecule has 1 aliphatic rings. The zero-order valence-electron chi connectivity index (χ0n) is 14.3. The molecule has 0 radical (unpaired) electrons. The van der Waals surface area contributed by atoms with E-state index in [0.717, 1.165) is 49.6 Å². The maximum absolute atomic E-state index is 4.34. The van der Waals surface area contributed by atoms with Crippen molar-refractivity contribution in [2.45, 2.75) is 19.4 Å². The predicted molar refractivity (Wildman–Crippen MR) is 102 cm³/mol. The van der Waals surface area contributed by atoms with Crippen molar-refractivity contribution in [2.75, 3.05) is 51.7 Å². The molecule has 1 aromatic carbocycles. The molecule has 1 fully saturated rings. The van der Waals surface area contributed by atoms with Crippen LogP contribution in [0.5, 0.6) is 0 Å². The van der Waals surface area contributed by atoms with Gasteiger partial charge < -0.3 is 20.4 Å². The number of guanidine groups is 1. The van der Waals surface area contributed by atoms with Gasteiger partial charge in [-0.1, -0.05) is 19.1 Å². The molecule has 1 aromatic rings. The largest absolute Gasteiger partial charge is 0.368 e. The number of hydrogen-bond acceptors (Lipinski definition) is 3. The fourth-order valence-electron chi connectivity index (χ4n) is 2.72. The first kappa shape index (κ1) is 18.1. The molecule has 0 aromatic heterocycles. The first-order valence-electron chi connectivity index (χ1n) is 8.29. The van der Waals surface area contributed by atoms with E-state index in [1.165, 1.54) is 5.69 Å². The highest BCUT2D eigenvalue weighted by Gasteiger charge is 2.24. The fraction of sp³-hybridized carbons (Fsp3) is 0.588.